The van der Waals surface area contributed by atoms with Gasteiger partial charge in [0.25, 0.3) is 5.91 Å². The van der Waals surface area contributed by atoms with Crippen molar-refractivity contribution in [2.75, 3.05) is 12.8 Å². The van der Waals surface area contributed by atoms with Crippen LogP contribution in [0.25, 0.3) is 22.2 Å². The summed E-state index contributed by atoms with van der Waals surface area (Å²) in [5.41, 5.74) is 15.2. The quantitative estimate of drug-likeness (QED) is 0.483. The number of anilines is 1. The number of amides is 1. The fourth-order valence-electron chi connectivity index (χ4n) is 3.42. The van der Waals surface area contributed by atoms with Gasteiger partial charge in [-0.05, 0) is 23.8 Å². The van der Waals surface area contributed by atoms with E-state index in [9.17, 15) is 9.18 Å². The fourth-order valence-corrected chi connectivity index (χ4v) is 3.42. The summed E-state index contributed by atoms with van der Waals surface area (Å²) >= 11 is 0. The topological polar surface area (TPSA) is 120 Å². The van der Waals surface area contributed by atoms with Crippen LogP contribution in [0.2, 0.25) is 0 Å². The van der Waals surface area contributed by atoms with Crippen molar-refractivity contribution >= 4 is 22.6 Å². The third-order valence-corrected chi connectivity index (χ3v) is 4.73. The number of hydrogen-bond acceptors (Lipinski definition) is 5. The van der Waals surface area contributed by atoms with Crippen molar-refractivity contribution in [1.82, 2.24) is 15.2 Å². The van der Waals surface area contributed by atoms with Gasteiger partial charge in [0.1, 0.15) is 11.6 Å². The molecule has 0 bridgehead atoms. The molecule has 2 heterocycles. The van der Waals surface area contributed by atoms with Gasteiger partial charge in [0.15, 0.2) is 5.82 Å². The summed E-state index contributed by atoms with van der Waals surface area (Å²) in [6, 6.07) is 11.8. The lowest BCUT2D eigenvalue weighted by atomic mass is 9.98. The van der Waals surface area contributed by atoms with Crippen molar-refractivity contribution in [3.63, 3.8) is 0 Å². The number of carbonyl (C=O) groups is 1. The highest BCUT2D eigenvalue weighted by atomic mass is 19.1. The lowest BCUT2D eigenvalue weighted by Gasteiger charge is -2.13. The fraction of sp³-hybridized carbons (Fsp3) is 0.0952. The highest BCUT2D eigenvalue weighted by Gasteiger charge is 2.17. The lowest BCUT2D eigenvalue weighted by molar-refractivity contribution is 0.0996. The largest absolute Gasteiger partial charge is 0.496 e. The average Bonchev–Trinajstić information content (AvgIpc) is 3.09. The van der Waals surface area contributed by atoms with Crippen molar-refractivity contribution < 1.29 is 13.9 Å². The number of fused-ring (bicyclic) bond motifs is 1. The first-order chi connectivity index (χ1) is 14.0. The number of methoxy groups -OCH3 is 1. The first-order valence-electron chi connectivity index (χ1n) is 8.82. The smallest absolute Gasteiger partial charge is 0.252 e. The zero-order chi connectivity index (χ0) is 20.5. The van der Waals surface area contributed by atoms with Gasteiger partial charge in [-0.1, -0.05) is 24.3 Å². The molecule has 0 spiro atoms. The van der Waals surface area contributed by atoms with E-state index in [4.69, 9.17) is 16.2 Å². The van der Waals surface area contributed by atoms with E-state index in [-0.39, 0.29) is 11.3 Å². The maximum absolute atomic E-state index is 14.0. The zero-order valence-electron chi connectivity index (χ0n) is 15.6. The van der Waals surface area contributed by atoms with E-state index in [0.717, 1.165) is 33.8 Å². The van der Waals surface area contributed by atoms with Crippen molar-refractivity contribution in [2.24, 2.45) is 5.73 Å². The molecule has 0 aliphatic carbocycles. The minimum Gasteiger partial charge on any atom is -0.496 e. The number of rotatable bonds is 5. The lowest BCUT2D eigenvalue weighted by Crippen LogP contribution is -2.14. The third-order valence-electron chi connectivity index (χ3n) is 4.73. The summed E-state index contributed by atoms with van der Waals surface area (Å²) in [6.45, 7) is 0. The molecule has 0 saturated heterocycles. The molecule has 0 unspecified atom stereocenters. The monoisotopic (exact) mass is 391 g/mol. The molecule has 0 radical (unpaired) electrons. The van der Waals surface area contributed by atoms with Crippen LogP contribution >= 0.6 is 0 Å². The van der Waals surface area contributed by atoms with Gasteiger partial charge >= 0.3 is 0 Å². The molecule has 0 fully saturated rings. The van der Waals surface area contributed by atoms with E-state index in [0.29, 0.717) is 17.8 Å². The number of nitrogens with zero attached hydrogens (tertiary/aromatic N) is 2. The number of carbonyl (C=O) groups excluding carboxylic acids is 1. The Labute approximate surface area is 165 Å². The summed E-state index contributed by atoms with van der Waals surface area (Å²) in [7, 11) is 1.42. The molecule has 5 N–H and O–H groups in total. The number of aromatic amines is 1. The van der Waals surface area contributed by atoms with Gasteiger partial charge < -0.3 is 16.2 Å². The minimum absolute atomic E-state index is 0.0189. The second kappa shape index (κ2) is 7.23. The van der Waals surface area contributed by atoms with Crippen LogP contribution in [-0.2, 0) is 6.42 Å². The number of aromatic nitrogens is 3. The van der Waals surface area contributed by atoms with E-state index in [1.54, 1.807) is 6.20 Å². The molecule has 8 heteroatoms. The van der Waals surface area contributed by atoms with E-state index in [1.807, 2.05) is 30.3 Å². The molecule has 0 aliphatic heterocycles. The van der Waals surface area contributed by atoms with Crippen LogP contribution in [-0.4, -0.2) is 28.2 Å². The number of H-pyrrole nitrogens is 1. The van der Waals surface area contributed by atoms with Gasteiger partial charge in [-0.3, -0.25) is 14.9 Å². The Hall–Kier alpha value is -3.94. The Morgan fingerprint density at radius 3 is 2.66 bits per heavy atom. The van der Waals surface area contributed by atoms with E-state index in [2.05, 4.69) is 15.2 Å². The molecule has 0 saturated carbocycles. The molecule has 7 nitrogen and oxygen atoms in total. The molecular weight excluding hydrogens is 373 g/mol. The predicted molar refractivity (Wildman–Crippen MR) is 108 cm³/mol. The molecule has 0 atom stereocenters. The molecule has 1 amide bonds. The first-order valence-corrected chi connectivity index (χ1v) is 8.82. The van der Waals surface area contributed by atoms with E-state index >= 15 is 0 Å². The number of nitrogen functional groups attached to an aromatic ring is 1. The Morgan fingerprint density at radius 1 is 1.21 bits per heavy atom. The number of nitrogens with two attached hydrogens (primary N) is 2. The van der Waals surface area contributed by atoms with Crippen LogP contribution in [0.4, 0.5) is 10.2 Å². The Morgan fingerprint density at radius 2 is 1.97 bits per heavy atom. The van der Waals surface area contributed by atoms with E-state index < -0.39 is 11.7 Å². The molecule has 2 aromatic heterocycles. The molecule has 146 valence electrons. The number of nitrogens with one attached hydrogen (secondary N) is 1. The number of pyridine rings is 1. The van der Waals surface area contributed by atoms with Gasteiger partial charge in [-0.2, -0.15) is 5.10 Å². The van der Waals surface area contributed by atoms with E-state index in [1.165, 1.54) is 13.2 Å². The molecule has 4 aromatic rings. The standard InChI is InChI=1S/C21H18FN5O2/c1-29-19-13(9-14(22)10-15(19)21(24)28)8-11-2-4-12(5-3-11)18-17-16(6-7-25-18)26-27-20(17)23/h2-7,9-10H,8H2,1H3,(H2,24,28)(H3,23,26,27). The second-order valence-electron chi connectivity index (χ2n) is 6.57. The summed E-state index contributed by atoms with van der Waals surface area (Å²) < 4.78 is 19.3. The van der Waals surface area contributed by atoms with Gasteiger partial charge in [0.2, 0.25) is 0 Å². The normalized spacial score (nSPS) is 11.0. The van der Waals surface area contributed by atoms with Crippen LogP contribution in [0.1, 0.15) is 21.5 Å². The van der Waals surface area contributed by atoms with Crippen LogP contribution < -0.4 is 16.2 Å². The van der Waals surface area contributed by atoms with Crippen LogP contribution in [0, 0.1) is 5.82 Å². The SMILES string of the molecule is COc1c(Cc2ccc(-c3nccc4[nH]nc(N)c34)cc2)cc(F)cc1C(N)=O. The predicted octanol–water partition coefficient (Wildman–Crippen LogP) is 3.04. The summed E-state index contributed by atoms with van der Waals surface area (Å²) in [6.07, 6.45) is 2.05. The van der Waals surface area contributed by atoms with Crippen molar-refractivity contribution in [2.45, 2.75) is 6.42 Å². The average molecular weight is 391 g/mol. The number of primary amides is 1. The van der Waals surface area contributed by atoms with Crippen LogP contribution in [0.5, 0.6) is 5.75 Å². The second-order valence-corrected chi connectivity index (χ2v) is 6.57. The van der Waals surface area contributed by atoms with Gasteiger partial charge in [-0.25, -0.2) is 4.39 Å². The van der Waals surface area contributed by atoms with Crippen LogP contribution in [0.15, 0.2) is 48.7 Å². The molecule has 4 rings (SSSR count). The minimum atomic E-state index is -0.741. The maximum Gasteiger partial charge on any atom is 0.252 e. The first kappa shape index (κ1) is 18.4. The van der Waals surface area contributed by atoms with Crippen molar-refractivity contribution in [3.05, 3.63) is 71.2 Å². The Bertz CT molecular complexity index is 1220. The molecule has 2 aromatic carbocycles. The molecular formula is C21H18FN5O2. The molecule has 0 aliphatic rings. The maximum atomic E-state index is 14.0. The number of benzene rings is 2. The van der Waals surface area contributed by atoms with Crippen molar-refractivity contribution in [1.29, 1.82) is 0 Å². The third kappa shape index (κ3) is 3.36. The number of ether oxygens (including phenoxy) is 1. The zero-order valence-corrected chi connectivity index (χ0v) is 15.6. The van der Waals surface area contributed by atoms with Gasteiger partial charge in [0, 0.05) is 23.7 Å². The van der Waals surface area contributed by atoms with Gasteiger partial charge in [0.05, 0.1) is 29.3 Å². The van der Waals surface area contributed by atoms with Crippen LogP contribution in [0.3, 0.4) is 0 Å². The highest BCUT2D eigenvalue weighted by molar-refractivity contribution is 5.99. The Kier molecular flexibility index (Phi) is 4.59. The Balaban J connectivity index is 1.69. The van der Waals surface area contributed by atoms with Gasteiger partial charge in [-0.15, -0.1) is 0 Å². The highest BCUT2D eigenvalue weighted by Crippen LogP contribution is 2.31. The van der Waals surface area contributed by atoms with Crippen molar-refractivity contribution in [3.8, 4) is 17.0 Å². The number of hydrogen-bond donors (Lipinski definition) is 3. The molecule has 29 heavy (non-hydrogen) atoms. The summed E-state index contributed by atoms with van der Waals surface area (Å²) in [5, 5.41) is 7.67. The summed E-state index contributed by atoms with van der Waals surface area (Å²) in [4.78, 5) is 16.0. The number of halogens is 1. The summed E-state index contributed by atoms with van der Waals surface area (Å²) in [5.74, 6) is -0.622.